The van der Waals surface area contributed by atoms with Crippen molar-refractivity contribution >= 4 is 44.9 Å². The predicted octanol–water partition coefficient (Wildman–Crippen LogP) is 4.76. The van der Waals surface area contributed by atoms with Crippen LogP contribution < -0.4 is 14.8 Å². The molecular weight excluding hydrogens is 418 g/mol. The molecular formula is C22H17N3O3S2. The van der Waals surface area contributed by atoms with Crippen LogP contribution in [0, 0.1) is 0 Å². The standard InChI is InChI=1S/C22H17N3O3S2/c26-20(19-12-27-17-10-3-4-11-18(17)28-19)23-21-24-25-22(30-21)29-13-15-8-5-7-14-6-1-2-9-16(14)15/h1-11,19H,12-13H2,(H,23,24,26)/t19-/m1/s1. The van der Waals surface area contributed by atoms with Crippen LogP contribution in [0.15, 0.2) is 71.1 Å². The van der Waals surface area contributed by atoms with Crippen LogP contribution in [-0.4, -0.2) is 28.8 Å². The number of ether oxygens (including phenoxy) is 2. The molecule has 0 spiro atoms. The summed E-state index contributed by atoms with van der Waals surface area (Å²) < 4.78 is 12.1. The van der Waals surface area contributed by atoms with Crippen molar-refractivity contribution in [2.75, 3.05) is 11.9 Å². The molecule has 4 aromatic rings. The number of aromatic nitrogens is 2. The van der Waals surface area contributed by atoms with Gasteiger partial charge in [-0.3, -0.25) is 10.1 Å². The minimum atomic E-state index is -0.726. The molecule has 0 aliphatic carbocycles. The molecule has 30 heavy (non-hydrogen) atoms. The third-order valence-electron chi connectivity index (χ3n) is 4.67. The number of anilines is 1. The average molecular weight is 436 g/mol. The molecule has 0 bridgehead atoms. The minimum Gasteiger partial charge on any atom is -0.485 e. The number of carbonyl (C=O) groups excluding carboxylic acids is 1. The summed E-state index contributed by atoms with van der Waals surface area (Å²) in [6, 6.07) is 21.9. The SMILES string of the molecule is O=C(Nc1nnc(SCc2cccc3ccccc23)s1)[C@H]1COc2ccccc2O1. The van der Waals surface area contributed by atoms with Gasteiger partial charge in [0.25, 0.3) is 5.91 Å². The fraction of sp³-hybridized carbons (Fsp3) is 0.136. The van der Waals surface area contributed by atoms with E-state index in [1.807, 2.05) is 30.3 Å². The van der Waals surface area contributed by atoms with E-state index in [2.05, 4.69) is 45.8 Å². The molecule has 6 nitrogen and oxygen atoms in total. The lowest BCUT2D eigenvalue weighted by Crippen LogP contribution is -2.40. The average Bonchev–Trinajstić information content (AvgIpc) is 3.24. The zero-order valence-electron chi connectivity index (χ0n) is 15.8. The number of amides is 1. The van der Waals surface area contributed by atoms with Crippen molar-refractivity contribution < 1.29 is 14.3 Å². The van der Waals surface area contributed by atoms with Crippen LogP contribution in [0.25, 0.3) is 10.8 Å². The fourth-order valence-electron chi connectivity index (χ4n) is 3.21. The molecule has 1 amide bonds. The Balaban J connectivity index is 1.21. The second-order valence-corrected chi connectivity index (χ2v) is 8.85. The number of fused-ring (bicyclic) bond motifs is 2. The molecule has 1 N–H and O–H groups in total. The number of hydrogen-bond donors (Lipinski definition) is 1. The molecule has 1 atom stereocenters. The number of thioether (sulfide) groups is 1. The van der Waals surface area contributed by atoms with Crippen LogP contribution in [0.5, 0.6) is 11.5 Å². The van der Waals surface area contributed by atoms with Gasteiger partial charge in [0.05, 0.1) is 0 Å². The van der Waals surface area contributed by atoms with E-state index in [-0.39, 0.29) is 12.5 Å². The van der Waals surface area contributed by atoms with Gasteiger partial charge in [-0.1, -0.05) is 77.7 Å². The lowest BCUT2D eigenvalue weighted by molar-refractivity contribution is -0.125. The van der Waals surface area contributed by atoms with Gasteiger partial charge in [-0.05, 0) is 28.5 Å². The predicted molar refractivity (Wildman–Crippen MR) is 118 cm³/mol. The van der Waals surface area contributed by atoms with Gasteiger partial charge in [-0.25, -0.2) is 0 Å². The Morgan fingerprint density at radius 3 is 2.77 bits per heavy atom. The number of rotatable bonds is 5. The first-order valence-electron chi connectivity index (χ1n) is 9.38. The lowest BCUT2D eigenvalue weighted by Gasteiger charge is -2.25. The second kappa shape index (κ2) is 8.33. The molecule has 5 rings (SSSR count). The first kappa shape index (κ1) is 18.9. The molecule has 8 heteroatoms. The molecule has 0 unspecified atom stereocenters. The highest BCUT2D eigenvalue weighted by Crippen LogP contribution is 2.33. The molecule has 1 aliphatic heterocycles. The van der Waals surface area contributed by atoms with Gasteiger partial charge in [-0.15, -0.1) is 10.2 Å². The van der Waals surface area contributed by atoms with Gasteiger partial charge in [0, 0.05) is 5.75 Å². The van der Waals surface area contributed by atoms with Crippen LogP contribution in [-0.2, 0) is 10.5 Å². The third-order valence-corrected chi connectivity index (χ3v) is 6.69. The van der Waals surface area contributed by atoms with Gasteiger partial charge < -0.3 is 9.47 Å². The van der Waals surface area contributed by atoms with E-state index in [0.717, 1.165) is 10.1 Å². The van der Waals surface area contributed by atoms with E-state index in [1.165, 1.54) is 27.7 Å². The van der Waals surface area contributed by atoms with Crippen molar-refractivity contribution in [1.82, 2.24) is 10.2 Å². The topological polar surface area (TPSA) is 73.3 Å². The van der Waals surface area contributed by atoms with Gasteiger partial charge >= 0.3 is 0 Å². The molecule has 1 aliphatic rings. The van der Waals surface area contributed by atoms with Crippen molar-refractivity contribution in [3.05, 3.63) is 72.3 Å². The molecule has 0 radical (unpaired) electrons. The molecule has 0 fully saturated rings. The van der Waals surface area contributed by atoms with E-state index in [1.54, 1.807) is 17.8 Å². The molecule has 3 aromatic carbocycles. The maximum atomic E-state index is 12.5. The molecule has 0 saturated heterocycles. The summed E-state index contributed by atoms with van der Waals surface area (Å²) in [5.41, 5.74) is 1.24. The van der Waals surface area contributed by atoms with Gasteiger partial charge in [0.2, 0.25) is 11.2 Å². The number of benzene rings is 3. The summed E-state index contributed by atoms with van der Waals surface area (Å²) >= 11 is 2.95. The Morgan fingerprint density at radius 1 is 1.03 bits per heavy atom. The number of nitrogens with one attached hydrogen (secondary N) is 1. The van der Waals surface area contributed by atoms with E-state index < -0.39 is 6.10 Å². The fourth-order valence-corrected chi connectivity index (χ4v) is 4.97. The Kier molecular flexibility index (Phi) is 5.25. The van der Waals surface area contributed by atoms with Crippen LogP contribution >= 0.6 is 23.1 Å². The monoisotopic (exact) mass is 435 g/mol. The zero-order chi connectivity index (χ0) is 20.3. The summed E-state index contributed by atoms with van der Waals surface area (Å²) in [6.07, 6.45) is -0.726. The van der Waals surface area contributed by atoms with E-state index in [0.29, 0.717) is 16.6 Å². The third kappa shape index (κ3) is 3.96. The largest absolute Gasteiger partial charge is 0.485 e. The highest BCUT2D eigenvalue weighted by Gasteiger charge is 2.28. The Bertz CT molecular complexity index is 1210. The zero-order valence-corrected chi connectivity index (χ0v) is 17.4. The summed E-state index contributed by atoms with van der Waals surface area (Å²) in [7, 11) is 0. The number of nitrogens with zero attached hydrogens (tertiary/aromatic N) is 2. The smallest absolute Gasteiger partial charge is 0.270 e. The van der Waals surface area contributed by atoms with Gasteiger partial charge in [-0.2, -0.15) is 0 Å². The van der Waals surface area contributed by atoms with E-state index in [9.17, 15) is 4.79 Å². The first-order valence-corrected chi connectivity index (χ1v) is 11.2. The summed E-state index contributed by atoms with van der Waals surface area (Å²) in [5.74, 6) is 1.68. The van der Waals surface area contributed by atoms with Crippen LogP contribution in [0.3, 0.4) is 0 Å². The highest BCUT2D eigenvalue weighted by atomic mass is 32.2. The maximum Gasteiger partial charge on any atom is 0.270 e. The van der Waals surface area contributed by atoms with E-state index >= 15 is 0 Å². The summed E-state index contributed by atoms with van der Waals surface area (Å²) in [5, 5.41) is 14.0. The van der Waals surface area contributed by atoms with Crippen molar-refractivity contribution in [2.45, 2.75) is 16.2 Å². The molecule has 1 aromatic heterocycles. The Labute approximate surface area is 181 Å². The number of carbonyl (C=O) groups is 1. The minimum absolute atomic E-state index is 0.157. The first-order chi connectivity index (χ1) is 14.8. The summed E-state index contributed by atoms with van der Waals surface area (Å²) in [4.78, 5) is 12.5. The lowest BCUT2D eigenvalue weighted by atomic mass is 10.1. The normalized spacial score (nSPS) is 15.1. The quantitative estimate of drug-likeness (QED) is 0.360. The molecule has 0 saturated carbocycles. The van der Waals surface area contributed by atoms with Gasteiger partial charge in [0.15, 0.2) is 15.8 Å². The Morgan fingerprint density at radius 2 is 1.83 bits per heavy atom. The van der Waals surface area contributed by atoms with Crippen LogP contribution in [0.4, 0.5) is 5.13 Å². The summed E-state index contributed by atoms with van der Waals surface area (Å²) in [6.45, 7) is 0.157. The van der Waals surface area contributed by atoms with Crippen molar-refractivity contribution in [3.8, 4) is 11.5 Å². The highest BCUT2D eigenvalue weighted by molar-refractivity contribution is 8.00. The van der Waals surface area contributed by atoms with E-state index in [4.69, 9.17) is 9.47 Å². The number of hydrogen-bond acceptors (Lipinski definition) is 7. The van der Waals surface area contributed by atoms with Crippen molar-refractivity contribution in [1.29, 1.82) is 0 Å². The molecule has 150 valence electrons. The van der Waals surface area contributed by atoms with Crippen molar-refractivity contribution in [3.63, 3.8) is 0 Å². The van der Waals surface area contributed by atoms with Crippen LogP contribution in [0.1, 0.15) is 5.56 Å². The van der Waals surface area contributed by atoms with Crippen LogP contribution in [0.2, 0.25) is 0 Å². The molecule has 2 heterocycles. The number of para-hydroxylation sites is 2. The van der Waals surface area contributed by atoms with Crippen molar-refractivity contribution in [2.24, 2.45) is 0 Å². The second-order valence-electron chi connectivity index (χ2n) is 6.65. The Hall–Kier alpha value is -3.10. The maximum absolute atomic E-state index is 12.5. The van der Waals surface area contributed by atoms with Gasteiger partial charge in [0.1, 0.15) is 6.61 Å².